The first-order valence-corrected chi connectivity index (χ1v) is 8.32. The van der Waals surface area contributed by atoms with Gasteiger partial charge in [0.1, 0.15) is 5.75 Å². The second kappa shape index (κ2) is 7.25. The molecule has 4 rings (SSSR count). The van der Waals surface area contributed by atoms with Crippen LogP contribution in [-0.4, -0.2) is 26.8 Å². The van der Waals surface area contributed by atoms with E-state index < -0.39 is 0 Å². The van der Waals surface area contributed by atoms with Crippen LogP contribution in [0.25, 0.3) is 23.1 Å². The number of ether oxygens (including phenoxy) is 1. The number of hydrogen-bond donors (Lipinski definition) is 0. The predicted molar refractivity (Wildman–Crippen MR) is 101 cm³/mol. The monoisotopic (exact) mass is 360 g/mol. The van der Waals surface area contributed by atoms with Crippen molar-refractivity contribution in [2.24, 2.45) is 0 Å². The van der Waals surface area contributed by atoms with E-state index in [1.165, 1.54) is 10.9 Å². The first-order chi connectivity index (χ1) is 13.2. The summed E-state index contributed by atoms with van der Waals surface area (Å²) in [7, 11) is 1.63. The van der Waals surface area contributed by atoms with E-state index >= 15 is 0 Å². The molecule has 0 saturated heterocycles. The standard InChI is InChI=1S/C20H16N4O3/c1-26-15-9-6-14(7-10-15)8-11-19-22-18(23-27-19)12-24-13-21-17-5-3-2-4-16(17)20(24)25/h2-11,13H,12H2,1H3/b11-8+. The molecule has 7 heteroatoms. The average Bonchev–Trinajstić information content (AvgIpc) is 3.16. The number of rotatable bonds is 5. The molecule has 7 nitrogen and oxygen atoms in total. The Hall–Kier alpha value is -3.74. The molecule has 0 aliphatic heterocycles. The van der Waals surface area contributed by atoms with Crippen LogP contribution in [0.3, 0.4) is 0 Å². The highest BCUT2D eigenvalue weighted by Crippen LogP contribution is 2.13. The SMILES string of the molecule is COc1ccc(/C=C/c2nc(Cn3cnc4ccccc4c3=O)no2)cc1. The zero-order chi connectivity index (χ0) is 18.6. The minimum Gasteiger partial charge on any atom is -0.497 e. The molecule has 2 heterocycles. The summed E-state index contributed by atoms with van der Waals surface area (Å²) in [6.45, 7) is 0.191. The molecule has 27 heavy (non-hydrogen) atoms. The van der Waals surface area contributed by atoms with Gasteiger partial charge in [0.05, 0.1) is 30.9 Å². The number of nitrogens with zero attached hydrogens (tertiary/aromatic N) is 4. The van der Waals surface area contributed by atoms with Crippen LogP contribution in [-0.2, 0) is 6.54 Å². The van der Waals surface area contributed by atoms with E-state index in [1.807, 2.05) is 42.5 Å². The number of aromatic nitrogens is 4. The average molecular weight is 360 g/mol. The van der Waals surface area contributed by atoms with Gasteiger partial charge in [-0.3, -0.25) is 9.36 Å². The van der Waals surface area contributed by atoms with Gasteiger partial charge in [0.15, 0.2) is 5.82 Å². The fourth-order valence-electron chi connectivity index (χ4n) is 2.65. The third-order valence-electron chi connectivity index (χ3n) is 4.06. The molecule has 0 aliphatic rings. The topological polar surface area (TPSA) is 83.0 Å². The molecule has 0 saturated carbocycles. The van der Waals surface area contributed by atoms with E-state index in [4.69, 9.17) is 9.26 Å². The highest BCUT2D eigenvalue weighted by molar-refractivity contribution is 5.76. The van der Waals surface area contributed by atoms with Crippen LogP contribution >= 0.6 is 0 Å². The molecular formula is C20H16N4O3. The Labute approximate surface area is 154 Å². The maximum absolute atomic E-state index is 12.5. The van der Waals surface area contributed by atoms with E-state index in [2.05, 4.69) is 15.1 Å². The highest BCUT2D eigenvalue weighted by atomic mass is 16.5. The zero-order valence-electron chi connectivity index (χ0n) is 14.6. The van der Waals surface area contributed by atoms with Gasteiger partial charge in [-0.1, -0.05) is 29.4 Å². The number of hydrogen-bond acceptors (Lipinski definition) is 6. The van der Waals surface area contributed by atoms with Gasteiger partial charge in [-0.2, -0.15) is 4.98 Å². The smallest absolute Gasteiger partial charge is 0.261 e. The first-order valence-electron chi connectivity index (χ1n) is 8.32. The van der Waals surface area contributed by atoms with E-state index in [0.29, 0.717) is 22.6 Å². The summed E-state index contributed by atoms with van der Waals surface area (Å²) >= 11 is 0. The van der Waals surface area contributed by atoms with Crippen LogP contribution in [0.2, 0.25) is 0 Å². The van der Waals surface area contributed by atoms with Crippen molar-refractivity contribution in [1.29, 1.82) is 0 Å². The molecule has 0 spiro atoms. The lowest BCUT2D eigenvalue weighted by atomic mass is 10.2. The van der Waals surface area contributed by atoms with Crippen molar-refractivity contribution in [3.05, 3.63) is 82.5 Å². The molecule has 0 bridgehead atoms. The van der Waals surface area contributed by atoms with Gasteiger partial charge in [-0.15, -0.1) is 0 Å². The maximum Gasteiger partial charge on any atom is 0.261 e. The Morgan fingerprint density at radius 2 is 1.93 bits per heavy atom. The Kier molecular flexibility index (Phi) is 4.49. The Bertz CT molecular complexity index is 1160. The molecule has 0 atom stereocenters. The largest absolute Gasteiger partial charge is 0.497 e. The summed E-state index contributed by atoms with van der Waals surface area (Å²) in [4.78, 5) is 21.1. The van der Waals surface area contributed by atoms with Crippen molar-refractivity contribution < 1.29 is 9.26 Å². The minimum absolute atomic E-state index is 0.138. The van der Waals surface area contributed by atoms with Gasteiger partial charge in [0, 0.05) is 6.08 Å². The van der Waals surface area contributed by atoms with Gasteiger partial charge in [0.2, 0.25) is 0 Å². The molecule has 0 fully saturated rings. The molecule has 0 aliphatic carbocycles. The Morgan fingerprint density at radius 3 is 2.74 bits per heavy atom. The zero-order valence-corrected chi connectivity index (χ0v) is 14.6. The van der Waals surface area contributed by atoms with Gasteiger partial charge in [0.25, 0.3) is 11.4 Å². The third kappa shape index (κ3) is 3.62. The number of para-hydroxylation sites is 1. The molecule has 2 aromatic heterocycles. The third-order valence-corrected chi connectivity index (χ3v) is 4.06. The molecule has 0 radical (unpaired) electrons. The van der Waals surface area contributed by atoms with Gasteiger partial charge in [-0.05, 0) is 35.9 Å². The van der Waals surface area contributed by atoms with Crippen molar-refractivity contribution in [2.75, 3.05) is 7.11 Å². The predicted octanol–water partition coefficient (Wildman–Crippen LogP) is 3.01. The summed E-state index contributed by atoms with van der Waals surface area (Å²) in [6.07, 6.45) is 5.08. The van der Waals surface area contributed by atoms with Crippen LogP contribution < -0.4 is 10.3 Å². The summed E-state index contributed by atoms with van der Waals surface area (Å²) in [5, 5.41) is 4.49. The first kappa shape index (κ1) is 16.7. The van der Waals surface area contributed by atoms with Crippen LogP contribution in [0, 0.1) is 0 Å². The van der Waals surface area contributed by atoms with Crippen molar-refractivity contribution in [3.8, 4) is 5.75 Å². The normalized spacial score (nSPS) is 11.3. The fraction of sp³-hybridized carbons (Fsp3) is 0.100. The summed E-state index contributed by atoms with van der Waals surface area (Å²) in [5.41, 5.74) is 1.50. The van der Waals surface area contributed by atoms with Crippen LogP contribution in [0.1, 0.15) is 17.3 Å². The van der Waals surface area contributed by atoms with E-state index in [9.17, 15) is 4.79 Å². The van der Waals surface area contributed by atoms with E-state index in [0.717, 1.165) is 11.3 Å². The highest BCUT2D eigenvalue weighted by Gasteiger charge is 2.08. The molecule has 0 amide bonds. The number of benzene rings is 2. The molecule has 134 valence electrons. The fourth-order valence-corrected chi connectivity index (χ4v) is 2.65. The molecular weight excluding hydrogens is 344 g/mol. The van der Waals surface area contributed by atoms with E-state index in [-0.39, 0.29) is 12.1 Å². The Morgan fingerprint density at radius 1 is 1.11 bits per heavy atom. The lowest BCUT2D eigenvalue weighted by Crippen LogP contribution is -2.21. The van der Waals surface area contributed by atoms with Crippen LogP contribution in [0.4, 0.5) is 0 Å². The van der Waals surface area contributed by atoms with Crippen LogP contribution in [0.5, 0.6) is 5.75 Å². The van der Waals surface area contributed by atoms with Gasteiger partial charge in [-0.25, -0.2) is 4.98 Å². The van der Waals surface area contributed by atoms with E-state index in [1.54, 1.807) is 25.3 Å². The summed E-state index contributed by atoms with van der Waals surface area (Å²) in [5.74, 6) is 1.56. The summed E-state index contributed by atoms with van der Waals surface area (Å²) in [6, 6.07) is 14.8. The van der Waals surface area contributed by atoms with Crippen molar-refractivity contribution >= 4 is 23.1 Å². The molecule has 0 unspecified atom stereocenters. The van der Waals surface area contributed by atoms with Crippen molar-refractivity contribution in [3.63, 3.8) is 0 Å². The molecule has 0 N–H and O–H groups in total. The number of fused-ring (bicyclic) bond motifs is 1. The van der Waals surface area contributed by atoms with Gasteiger partial charge >= 0.3 is 0 Å². The lowest BCUT2D eigenvalue weighted by molar-refractivity contribution is 0.401. The maximum atomic E-state index is 12.5. The van der Waals surface area contributed by atoms with Crippen molar-refractivity contribution in [2.45, 2.75) is 6.54 Å². The second-order valence-corrected chi connectivity index (χ2v) is 5.85. The van der Waals surface area contributed by atoms with Crippen molar-refractivity contribution in [1.82, 2.24) is 19.7 Å². The molecule has 2 aromatic carbocycles. The van der Waals surface area contributed by atoms with Crippen LogP contribution in [0.15, 0.2) is 64.2 Å². The minimum atomic E-state index is -0.138. The molecule has 4 aromatic rings. The summed E-state index contributed by atoms with van der Waals surface area (Å²) < 4.78 is 11.8. The number of methoxy groups -OCH3 is 1. The second-order valence-electron chi connectivity index (χ2n) is 5.85. The van der Waals surface area contributed by atoms with Gasteiger partial charge < -0.3 is 9.26 Å². The lowest BCUT2D eigenvalue weighted by Gasteiger charge is -2.03. The Balaban J connectivity index is 1.52. The quantitative estimate of drug-likeness (QED) is 0.544.